The summed E-state index contributed by atoms with van der Waals surface area (Å²) in [5.41, 5.74) is 5.58. The maximum atomic E-state index is 4.47. The third kappa shape index (κ3) is 2.54. The van der Waals surface area contributed by atoms with Crippen LogP contribution in [0.1, 0.15) is 35.2 Å². The Bertz CT molecular complexity index is 563. The maximum absolute atomic E-state index is 4.47. The molecule has 2 aromatic rings. The molecule has 0 spiro atoms. The Morgan fingerprint density at radius 1 is 1.21 bits per heavy atom. The smallest absolute Gasteiger partial charge is 0.0573 e. The second-order valence-corrected chi connectivity index (χ2v) is 5.19. The summed E-state index contributed by atoms with van der Waals surface area (Å²) >= 11 is 0. The summed E-state index contributed by atoms with van der Waals surface area (Å²) in [4.78, 5) is 4.47. The molecular weight excluding hydrogens is 232 g/mol. The van der Waals surface area contributed by atoms with Gasteiger partial charge in [-0.25, -0.2) is 0 Å². The molecule has 0 saturated carbocycles. The van der Waals surface area contributed by atoms with Crippen LogP contribution < -0.4 is 5.32 Å². The van der Waals surface area contributed by atoms with Crippen LogP contribution in [-0.4, -0.2) is 11.5 Å². The van der Waals surface area contributed by atoms with Crippen LogP contribution in [-0.2, 0) is 19.4 Å². The third-order valence-corrected chi connectivity index (χ3v) is 4.01. The van der Waals surface area contributed by atoms with Crippen molar-refractivity contribution in [2.45, 2.75) is 32.2 Å². The lowest BCUT2D eigenvalue weighted by molar-refractivity contribution is 0.531. The van der Waals surface area contributed by atoms with Crippen molar-refractivity contribution in [3.05, 3.63) is 65.0 Å². The summed E-state index contributed by atoms with van der Waals surface area (Å²) in [6, 6.07) is 12.9. The first-order valence-electron chi connectivity index (χ1n) is 7.09. The monoisotopic (exact) mass is 252 g/mol. The number of rotatable bonds is 5. The minimum absolute atomic E-state index is 0.685. The van der Waals surface area contributed by atoms with E-state index in [1.165, 1.54) is 28.8 Å². The summed E-state index contributed by atoms with van der Waals surface area (Å²) in [6.45, 7) is 4.11. The Labute approximate surface area is 114 Å². The summed E-state index contributed by atoms with van der Waals surface area (Å²) in [5, 5.41) is 3.56. The van der Waals surface area contributed by atoms with Crippen LogP contribution in [0.15, 0.2) is 42.6 Å². The van der Waals surface area contributed by atoms with Gasteiger partial charge in [-0.05, 0) is 35.6 Å². The zero-order valence-corrected chi connectivity index (χ0v) is 11.4. The fraction of sp³-hybridized carbons (Fsp3) is 0.353. The Morgan fingerprint density at radius 2 is 2.11 bits per heavy atom. The number of benzene rings is 1. The molecule has 0 amide bonds. The van der Waals surface area contributed by atoms with Gasteiger partial charge >= 0.3 is 0 Å². The maximum Gasteiger partial charge on any atom is 0.0573 e. The number of hydrogen-bond acceptors (Lipinski definition) is 2. The van der Waals surface area contributed by atoms with Crippen LogP contribution in [0.4, 0.5) is 0 Å². The first-order valence-corrected chi connectivity index (χ1v) is 7.09. The molecule has 1 heterocycles. The predicted octanol–water partition coefficient (Wildman–Crippen LogP) is 3.07. The molecule has 1 atom stereocenters. The second kappa shape index (κ2) is 5.54. The van der Waals surface area contributed by atoms with Crippen molar-refractivity contribution in [3.8, 4) is 0 Å². The average Bonchev–Trinajstić information content (AvgIpc) is 2.44. The fourth-order valence-electron chi connectivity index (χ4n) is 2.86. The first kappa shape index (κ1) is 12.4. The molecule has 0 saturated heterocycles. The average molecular weight is 252 g/mol. The van der Waals surface area contributed by atoms with E-state index in [2.05, 4.69) is 47.6 Å². The number of aromatic nitrogens is 1. The molecule has 1 aromatic heterocycles. The van der Waals surface area contributed by atoms with E-state index in [0.29, 0.717) is 5.92 Å². The molecular formula is C17H20N2. The molecule has 1 N–H and O–H groups in total. The van der Waals surface area contributed by atoms with Crippen molar-refractivity contribution >= 4 is 0 Å². The van der Waals surface area contributed by atoms with Crippen LogP contribution in [0.5, 0.6) is 0 Å². The van der Waals surface area contributed by atoms with Crippen molar-refractivity contribution in [1.29, 1.82) is 0 Å². The van der Waals surface area contributed by atoms with Gasteiger partial charge in [0, 0.05) is 25.2 Å². The highest BCUT2D eigenvalue weighted by molar-refractivity contribution is 5.40. The summed E-state index contributed by atoms with van der Waals surface area (Å²) in [7, 11) is 0. The van der Waals surface area contributed by atoms with Gasteiger partial charge in [-0.15, -0.1) is 0 Å². The van der Waals surface area contributed by atoms with E-state index in [9.17, 15) is 0 Å². The molecule has 1 unspecified atom stereocenters. The quantitative estimate of drug-likeness (QED) is 0.884. The van der Waals surface area contributed by atoms with Crippen molar-refractivity contribution in [2.75, 3.05) is 6.54 Å². The van der Waals surface area contributed by atoms with Crippen LogP contribution in [0.3, 0.4) is 0 Å². The van der Waals surface area contributed by atoms with Gasteiger partial charge in [0.1, 0.15) is 0 Å². The Hall–Kier alpha value is -1.67. The fourth-order valence-corrected chi connectivity index (χ4v) is 2.86. The SMILES string of the molecule is CCc1cccnc1CNCC1Cc2ccccc21. The van der Waals surface area contributed by atoms with Gasteiger partial charge in [0.05, 0.1) is 5.69 Å². The van der Waals surface area contributed by atoms with Gasteiger partial charge in [-0.1, -0.05) is 37.3 Å². The van der Waals surface area contributed by atoms with Gasteiger partial charge in [0.2, 0.25) is 0 Å². The molecule has 0 fully saturated rings. The van der Waals surface area contributed by atoms with Crippen molar-refractivity contribution in [3.63, 3.8) is 0 Å². The van der Waals surface area contributed by atoms with Crippen molar-refractivity contribution in [2.24, 2.45) is 0 Å². The number of fused-ring (bicyclic) bond motifs is 1. The second-order valence-electron chi connectivity index (χ2n) is 5.19. The first-order chi connectivity index (χ1) is 9.38. The van der Waals surface area contributed by atoms with Gasteiger partial charge < -0.3 is 5.32 Å². The Morgan fingerprint density at radius 3 is 2.95 bits per heavy atom. The summed E-state index contributed by atoms with van der Waals surface area (Å²) in [5.74, 6) is 0.685. The molecule has 1 aromatic carbocycles. The van der Waals surface area contributed by atoms with Crippen LogP contribution in [0, 0.1) is 0 Å². The molecule has 98 valence electrons. The predicted molar refractivity (Wildman–Crippen MR) is 78.2 cm³/mol. The van der Waals surface area contributed by atoms with Gasteiger partial charge in [-0.2, -0.15) is 0 Å². The lowest BCUT2D eigenvalue weighted by Crippen LogP contribution is -2.29. The zero-order valence-electron chi connectivity index (χ0n) is 11.4. The summed E-state index contributed by atoms with van der Waals surface area (Å²) < 4.78 is 0. The molecule has 2 nitrogen and oxygen atoms in total. The normalized spacial score (nSPS) is 16.8. The topological polar surface area (TPSA) is 24.9 Å². The minimum atomic E-state index is 0.685. The van der Waals surface area contributed by atoms with Crippen molar-refractivity contribution in [1.82, 2.24) is 10.3 Å². The minimum Gasteiger partial charge on any atom is -0.311 e. The van der Waals surface area contributed by atoms with E-state index < -0.39 is 0 Å². The number of aryl methyl sites for hydroxylation is 1. The molecule has 19 heavy (non-hydrogen) atoms. The highest BCUT2D eigenvalue weighted by Gasteiger charge is 2.24. The van der Waals surface area contributed by atoms with Gasteiger partial charge in [0.15, 0.2) is 0 Å². The molecule has 0 aliphatic heterocycles. The highest BCUT2D eigenvalue weighted by atomic mass is 14.9. The largest absolute Gasteiger partial charge is 0.311 e. The van der Waals surface area contributed by atoms with E-state index in [-0.39, 0.29) is 0 Å². The van der Waals surface area contributed by atoms with E-state index in [4.69, 9.17) is 0 Å². The lowest BCUT2D eigenvalue weighted by Gasteiger charge is -2.30. The number of hydrogen-bond donors (Lipinski definition) is 1. The van der Waals surface area contributed by atoms with E-state index >= 15 is 0 Å². The number of pyridine rings is 1. The van der Waals surface area contributed by atoms with E-state index in [1.54, 1.807) is 0 Å². The Kier molecular flexibility index (Phi) is 3.60. The molecule has 2 heteroatoms. The lowest BCUT2D eigenvalue weighted by atomic mass is 9.77. The van der Waals surface area contributed by atoms with E-state index in [0.717, 1.165) is 19.5 Å². The molecule has 1 aliphatic carbocycles. The Balaban J connectivity index is 1.55. The zero-order chi connectivity index (χ0) is 13.1. The molecule has 0 bridgehead atoms. The number of nitrogens with zero attached hydrogens (tertiary/aromatic N) is 1. The van der Waals surface area contributed by atoms with Crippen LogP contribution in [0.25, 0.3) is 0 Å². The molecule has 0 radical (unpaired) electrons. The van der Waals surface area contributed by atoms with Gasteiger partial charge in [0.25, 0.3) is 0 Å². The van der Waals surface area contributed by atoms with Crippen molar-refractivity contribution < 1.29 is 0 Å². The van der Waals surface area contributed by atoms with E-state index in [1.807, 2.05) is 12.3 Å². The highest BCUT2D eigenvalue weighted by Crippen LogP contribution is 2.33. The molecule has 1 aliphatic rings. The van der Waals surface area contributed by atoms with Crippen LogP contribution >= 0.6 is 0 Å². The van der Waals surface area contributed by atoms with Gasteiger partial charge in [-0.3, -0.25) is 4.98 Å². The third-order valence-electron chi connectivity index (χ3n) is 4.01. The molecule has 3 rings (SSSR count). The number of nitrogens with one attached hydrogen (secondary N) is 1. The van der Waals surface area contributed by atoms with Crippen LogP contribution in [0.2, 0.25) is 0 Å². The summed E-state index contributed by atoms with van der Waals surface area (Å²) in [6.07, 6.45) is 4.15. The standard InChI is InChI=1S/C17H20N2/c1-2-13-7-5-9-19-17(13)12-18-11-15-10-14-6-3-4-8-16(14)15/h3-9,15,18H,2,10-12H2,1H3.